The third-order valence-electron chi connectivity index (χ3n) is 4.92. The Morgan fingerprint density at radius 2 is 1.79 bits per heavy atom. The third kappa shape index (κ3) is 8.90. The standard InChI is InChI=1S/C18H37N3O2S/c1-6-15-8-10-16(11-9-15)21-17(19-7-2)20-14-18(3,4)12-13-24(5,22)23/h15-16H,6-14H2,1-5H3,(H2,19,20,21). The van der Waals surface area contributed by atoms with E-state index in [1.807, 2.05) is 0 Å². The monoisotopic (exact) mass is 359 g/mol. The molecule has 0 aromatic carbocycles. The van der Waals surface area contributed by atoms with Crippen LogP contribution in [0.2, 0.25) is 0 Å². The van der Waals surface area contributed by atoms with Gasteiger partial charge in [-0.05, 0) is 50.4 Å². The van der Waals surface area contributed by atoms with Gasteiger partial charge in [0, 0.05) is 25.4 Å². The molecular formula is C18H37N3O2S. The summed E-state index contributed by atoms with van der Waals surface area (Å²) in [7, 11) is -2.92. The Morgan fingerprint density at radius 3 is 2.29 bits per heavy atom. The Morgan fingerprint density at radius 1 is 1.17 bits per heavy atom. The van der Waals surface area contributed by atoms with Crippen LogP contribution in [0.5, 0.6) is 0 Å². The van der Waals surface area contributed by atoms with E-state index in [2.05, 4.69) is 38.3 Å². The molecule has 0 spiro atoms. The molecule has 1 fully saturated rings. The van der Waals surface area contributed by atoms with Gasteiger partial charge in [-0.25, -0.2) is 8.42 Å². The van der Waals surface area contributed by atoms with Crippen LogP contribution in [0.4, 0.5) is 0 Å². The van der Waals surface area contributed by atoms with Crippen molar-refractivity contribution < 1.29 is 8.42 Å². The highest BCUT2D eigenvalue weighted by molar-refractivity contribution is 7.90. The molecule has 0 bridgehead atoms. The maximum Gasteiger partial charge on any atom is 0.191 e. The summed E-state index contributed by atoms with van der Waals surface area (Å²) in [5.74, 6) is 1.97. The summed E-state index contributed by atoms with van der Waals surface area (Å²) in [6.07, 6.45) is 8.23. The molecule has 1 rings (SSSR count). The zero-order chi connectivity index (χ0) is 18.2. The number of sulfone groups is 1. The van der Waals surface area contributed by atoms with Crippen molar-refractivity contribution in [3.8, 4) is 0 Å². The molecule has 0 unspecified atom stereocenters. The topological polar surface area (TPSA) is 70.6 Å². The summed E-state index contributed by atoms with van der Waals surface area (Å²) in [5.41, 5.74) is -0.120. The molecule has 2 N–H and O–H groups in total. The fourth-order valence-corrected chi connectivity index (χ4v) is 3.99. The van der Waals surface area contributed by atoms with Gasteiger partial charge >= 0.3 is 0 Å². The van der Waals surface area contributed by atoms with Crippen LogP contribution in [0.1, 0.15) is 66.2 Å². The molecule has 0 aromatic heterocycles. The number of hydrogen-bond donors (Lipinski definition) is 2. The molecule has 1 aliphatic carbocycles. The van der Waals surface area contributed by atoms with E-state index in [1.165, 1.54) is 38.4 Å². The molecule has 0 atom stereocenters. The van der Waals surface area contributed by atoms with Crippen LogP contribution in [0, 0.1) is 11.3 Å². The minimum Gasteiger partial charge on any atom is -0.357 e. The van der Waals surface area contributed by atoms with Gasteiger partial charge in [-0.15, -0.1) is 0 Å². The summed E-state index contributed by atoms with van der Waals surface area (Å²) >= 11 is 0. The summed E-state index contributed by atoms with van der Waals surface area (Å²) in [6, 6.07) is 0.504. The Hall–Kier alpha value is -0.780. The second-order valence-corrected chi connectivity index (χ2v) is 10.3. The van der Waals surface area contributed by atoms with Crippen molar-refractivity contribution in [2.75, 3.05) is 25.1 Å². The van der Waals surface area contributed by atoms with Crippen molar-refractivity contribution in [3.63, 3.8) is 0 Å². The molecule has 0 saturated heterocycles. The first kappa shape index (κ1) is 21.3. The van der Waals surface area contributed by atoms with Gasteiger partial charge in [0.25, 0.3) is 0 Å². The van der Waals surface area contributed by atoms with Crippen LogP contribution in [-0.2, 0) is 9.84 Å². The van der Waals surface area contributed by atoms with E-state index in [4.69, 9.17) is 4.99 Å². The van der Waals surface area contributed by atoms with Crippen molar-refractivity contribution in [2.45, 2.75) is 72.3 Å². The van der Waals surface area contributed by atoms with Crippen LogP contribution in [0.3, 0.4) is 0 Å². The Kier molecular flexibility index (Phi) is 8.54. The summed E-state index contributed by atoms with van der Waals surface area (Å²) < 4.78 is 22.7. The average Bonchev–Trinajstić information content (AvgIpc) is 2.51. The second-order valence-electron chi connectivity index (χ2n) is 8.01. The van der Waals surface area contributed by atoms with Crippen LogP contribution < -0.4 is 10.6 Å². The van der Waals surface area contributed by atoms with Gasteiger partial charge in [-0.2, -0.15) is 0 Å². The predicted octanol–water partition coefficient (Wildman–Crippen LogP) is 2.97. The number of nitrogens with one attached hydrogen (secondary N) is 2. The largest absolute Gasteiger partial charge is 0.357 e. The molecule has 142 valence electrons. The zero-order valence-electron chi connectivity index (χ0n) is 16.2. The molecule has 6 heteroatoms. The van der Waals surface area contributed by atoms with Crippen molar-refractivity contribution in [3.05, 3.63) is 0 Å². The normalized spacial score (nSPS) is 23.1. The zero-order valence-corrected chi connectivity index (χ0v) is 17.0. The minimum absolute atomic E-state index is 0.120. The lowest BCUT2D eigenvalue weighted by molar-refractivity contribution is 0.303. The Labute approximate surface area is 149 Å². The minimum atomic E-state index is -2.92. The van der Waals surface area contributed by atoms with Crippen LogP contribution >= 0.6 is 0 Å². The summed E-state index contributed by atoms with van der Waals surface area (Å²) in [6.45, 7) is 9.97. The average molecular weight is 360 g/mol. The van der Waals surface area contributed by atoms with E-state index in [0.717, 1.165) is 18.4 Å². The molecule has 1 aliphatic rings. The Balaban J connectivity index is 2.55. The first-order valence-electron chi connectivity index (χ1n) is 9.37. The number of guanidine groups is 1. The molecule has 1 saturated carbocycles. The number of hydrogen-bond acceptors (Lipinski definition) is 3. The molecule has 0 aromatic rings. The molecule has 5 nitrogen and oxygen atoms in total. The van der Waals surface area contributed by atoms with Crippen LogP contribution in [0.25, 0.3) is 0 Å². The fourth-order valence-electron chi connectivity index (χ4n) is 3.06. The summed E-state index contributed by atoms with van der Waals surface area (Å²) in [4.78, 5) is 4.72. The second kappa shape index (κ2) is 9.64. The van der Waals surface area contributed by atoms with E-state index in [0.29, 0.717) is 19.0 Å². The van der Waals surface area contributed by atoms with Crippen LogP contribution in [-0.4, -0.2) is 45.5 Å². The van der Waals surface area contributed by atoms with Crippen molar-refractivity contribution >= 4 is 15.8 Å². The highest BCUT2D eigenvalue weighted by Crippen LogP contribution is 2.26. The SMILES string of the molecule is CCNC(=NCC(C)(C)CCS(C)(=O)=O)NC1CCC(CC)CC1. The van der Waals surface area contributed by atoms with Gasteiger partial charge in [0.2, 0.25) is 0 Å². The van der Waals surface area contributed by atoms with Gasteiger partial charge in [0.15, 0.2) is 5.96 Å². The highest BCUT2D eigenvalue weighted by atomic mass is 32.2. The number of aliphatic imine (C=N–C) groups is 1. The quantitative estimate of drug-likeness (QED) is 0.516. The van der Waals surface area contributed by atoms with E-state index < -0.39 is 9.84 Å². The van der Waals surface area contributed by atoms with Crippen molar-refractivity contribution in [2.24, 2.45) is 16.3 Å². The van der Waals surface area contributed by atoms with Gasteiger partial charge in [-0.3, -0.25) is 4.99 Å². The lowest BCUT2D eigenvalue weighted by atomic mass is 9.84. The van der Waals surface area contributed by atoms with Gasteiger partial charge in [-0.1, -0.05) is 27.2 Å². The third-order valence-corrected chi connectivity index (χ3v) is 5.87. The van der Waals surface area contributed by atoms with Gasteiger partial charge < -0.3 is 10.6 Å². The molecule has 0 heterocycles. The van der Waals surface area contributed by atoms with E-state index in [-0.39, 0.29) is 11.2 Å². The molecule has 0 aliphatic heterocycles. The maximum atomic E-state index is 11.4. The van der Waals surface area contributed by atoms with Crippen molar-refractivity contribution in [1.82, 2.24) is 10.6 Å². The van der Waals surface area contributed by atoms with Crippen molar-refractivity contribution in [1.29, 1.82) is 0 Å². The summed E-state index contributed by atoms with van der Waals surface area (Å²) in [5, 5.41) is 6.89. The van der Waals surface area contributed by atoms with E-state index >= 15 is 0 Å². The predicted molar refractivity (Wildman–Crippen MR) is 103 cm³/mol. The molecule has 0 amide bonds. The van der Waals surface area contributed by atoms with Crippen LogP contribution in [0.15, 0.2) is 4.99 Å². The van der Waals surface area contributed by atoms with E-state index in [1.54, 1.807) is 0 Å². The smallest absolute Gasteiger partial charge is 0.191 e. The van der Waals surface area contributed by atoms with Gasteiger partial charge in [0.1, 0.15) is 9.84 Å². The molecular weight excluding hydrogens is 322 g/mol. The first-order valence-corrected chi connectivity index (χ1v) is 11.4. The number of rotatable bonds is 8. The Bertz CT molecular complexity index is 492. The number of nitrogens with zero attached hydrogens (tertiary/aromatic N) is 1. The van der Waals surface area contributed by atoms with Gasteiger partial charge in [0.05, 0.1) is 5.75 Å². The molecule has 0 radical (unpaired) electrons. The highest BCUT2D eigenvalue weighted by Gasteiger charge is 2.22. The maximum absolute atomic E-state index is 11.4. The molecule has 24 heavy (non-hydrogen) atoms. The van der Waals surface area contributed by atoms with E-state index in [9.17, 15) is 8.42 Å². The fraction of sp³-hybridized carbons (Fsp3) is 0.944. The first-order chi connectivity index (χ1) is 11.1. The lowest BCUT2D eigenvalue weighted by Gasteiger charge is -2.30. The lowest BCUT2D eigenvalue weighted by Crippen LogP contribution is -2.45.